The lowest BCUT2D eigenvalue weighted by Gasteiger charge is -2.31. The Morgan fingerprint density at radius 3 is 2.70 bits per heavy atom. The van der Waals surface area contributed by atoms with Crippen molar-refractivity contribution in [3.8, 4) is 0 Å². The minimum atomic E-state index is -0.0204. The van der Waals surface area contributed by atoms with Gasteiger partial charge in [-0.05, 0) is 72.5 Å². The number of aromatic nitrogens is 5. The molecular formula is C30H38N6O. The lowest BCUT2D eigenvalue weighted by Crippen LogP contribution is -2.35. The monoisotopic (exact) mass is 498 g/mol. The minimum Gasteiger partial charge on any atom is -0.321 e. The van der Waals surface area contributed by atoms with Crippen molar-refractivity contribution >= 4 is 10.9 Å². The number of nitrogens with zero attached hydrogens (tertiary/aromatic N) is 5. The maximum Gasteiger partial charge on any atom is 0.252 e. The summed E-state index contributed by atoms with van der Waals surface area (Å²) in [4.78, 5) is 18.8. The molecule has 1 fully saturated rings. The van der Waals surface area contributed by atoms with Crippen molar-refractivity contribution in [3.63, 3.8) is 0 Å². The highest BCUT2D eigenvalue weighted by atomic mass is 16.1. The van der Waals surface area contributed by atoms with Crippen LogP contribution in [0.25, 0.3) is 10.9 Å². The third-order valence-corrected chi connectivity index (χ3v) is 7.80. The molecule has 0 bridgehead atoms. The van der Waals surface area contributed by atoms with Crippen LogP contribution < -0.4 is 5.56 Å². The summed E-state index contributed by atoms with van der Waals surface area (Å²) in [5.74, 6) is 0.936. The summed E-state index contributed by atoms with van der Waals surface area (Å²) in [6.07, 6.45) is 7.56. The Balaban J connectivity index is 1.51. The standard InChI is InChI=1S/C30H38N6O/c1-4-9-27(29-32-33-34-36(29)26-14-5-6-15-26)35(17-16-23-12-7-10-21(2)18-23)20-25-19-24-13-8-11-22(3)28(24)31-30(25)37/h7-8,10-13,18-19,26-27H,4-6,9,14-17,20H2,1-3H3,(H,31,37). The Bertz CT molecular complexity index is 1400. The predicted molar refractivity (Wildman–Crippen MR) is 148 cm³/mol. The van der Waals surface area contributed by atoms with Gasteiger partial charge in [0.1, 0.15) is 0 Å². The van der Waals surface area contributed by atoms with Crippen LogP contribution in [0.2, 0.25) is 0 Å². The lowest BCUT2D eigenvalue weighted by molar-refractivity contribution is 0.163. The largest absolute Gasteiger partial charge is 0.321 e. The molecule has 0 amide bonds. The number of benzene rings is 2. The van der Waals surface area contributed by atoms with E-state index in [4.69, 9.17) is 0 Å². The maximum absolute atomic E-state index is 13.3. The summed E-state index contributed by atoms with van der Waals surface area (Å²) in [6.45, 7) is 7.74. The third kappa shape index (κ3) is 5.67. The molecule has 2 heterocycles. The molecular weight excluding hydrogens is 460 g/mol. The normalized spacial score (nSPS) is 15.1. The molecule has 0 saturated heterocycles. The van der Waals surface area contributed by atoms with E-state index < -0.39 is 0 Å². The van der Waals surface area contributed by atoms with Crippen molar-refractivity contribution in [2.75, 3.05) is 6.54 Å². The number of tetrazole rings is 1. The Hall–Kier alpha value is -3.32. The van der Waals surface area contributed by atoms with Gasteiger partial charge >= 0.3 is 0 Å². The molecule has 1 aliphatic rings. The number of hydrogen-bond acceptors (Lipinski definition) is 5. The fourth-order valence-corrected chi connectivity index (χ4v) is 5.83. The summed E-state index contributed by atoms with van der Waals surface area (Å²) in [7, 11) is 0. The number of nitrogens with one attached hydrogen (secondary N) is 1. The second-order valence-electron chi connectivity index (χ2n) is 10.6. The van der Waals surface area contributed by atoms with Gasteiger partial charge in [0.2, 0.25) is 0 Å². The SMILES string of the molecule is CCCC(c1nnnn1C1CCCC1)N(CCc1cccc(C)c1)Cc1cc2cccc(C)c2[nH]c1=O. The van der Waals surface area contributed by atoms with E-state index in [0.29, 0.717) is 12.6 Å². The van der Waals surface area contributed by atoms with Crippen molar-refractivity contribution in [2.45, 2.75) is 84.3 Å². The number of pyridine rings is 1. The zero-order chi connectivity index (χ0) is 25.8. The van der Waals surface area contributed by atoms with Gasteiger partial charge in [-0.25, -0.2) is 4.68 Å². The van der Waals surface area contributed by atoms with Crippen LogP contribution in [-0.4, -0.2) is 36.6 Å². The van der Waals surface area contributed by atoms with Crippen LogP contribution in [0.15, 0.2) is 53.3 Å². The average molecular weight is 499 g/mol. The summed E-state index contributed by atoms with van der Waals surface area (Å²) in [5, 5.41) is 14.2. The Morgan fingerprint density at radius 1 is 1.11 bits per heavy atom. The predicted octanol–water partition coefficient (Wildman–Crippen LogP) is 5.83. The van der Waals surface area contributed by atoms with Gasteiger partial charge in [0, 0.05) is 18.7 Å². The van der Waals surface area contributed by atoms with E-state index in [1.165, 1.54) is 24.0 Å². The van der Waals surface area contributed by atoms with E-state index >= 15 is 0 Å². The quantitative estimate of drug-likeness (QED) is 0.297. The van der Waals surface area contributed by atoms with Crippen LogP contribution in [0.1, 0.15) is 85.6 Å². The van der Waals surface area contributed by atoms with E-state index in [0.717, 1.165) is 66.5 Å². The fourth-order valence-electron chi connectivity index (χ4n) is 5.83. The molecule has 2 aromatic heterocycles. The van der Waals surface area contributed by atoms with E-state index in [2.05, 4.69) is 80.3 Å². The second kappa shape index (κ2) is 11.4. The molecule has 194 valence electrons. The van der Waals surface area contributed by atoms with E-state index in [1.807, 2.05) is 19.1 Å². The maximum atomic E-state index is 13.3. The van der Waals surface area contributed by atoms with Gasteiger partial charge < -0.3 is 4.98 Å². The highest BCUT2D eigenvalue weighted by molar-refractivity contribution is 5.81. The van der Waals surface area contributed by atoms with Gasteiger partial charge in [-0.2, -0.15) is 0 Å². The first-order chi connectivity index (χ1) is 18.0. The molecule has 1 unspecified atom stereocenters. The third-order valence-electron chi connectivity index (χ3n) is 7.80. The molecule has 5 rings (SSSR count). The van der Waals surface area contributed by atoms with Gasteiger partial charge in [-0.15, -0.1) is 5.10 Å². The van der Waals surface area contributed by atoms with Crippen molar-refractivity contribution in [1.29, 1.82) is 0 Å². The highest BCUT2D eigenvalue weighted by Gasteiger charge is 2.30. The fraction of sp³-hybridized carbons (Fsp3) is 0.467. The minimum absolute atomic E-state index is 0.0204. The van der Waals surface area contributed by atoms with E-state index in [1.54, 1.807) is 0 Å². The molecule has 1 aliphatic carbocycles. The first kappa shape index (κ1) is 25.3. The molecule has 1 saturated carbocycles. The number of hydrogen-bond donors (Lipinski definition) is 1. The topological polar surface area (TPSA) is 79.7 Å². The lowest BCUT2D eigenvalue weighted by atomic mass is 10.0. The van der Waals surface area contributed by atoms with Crippen LogP contribution in [0.4, 0.5) is 0 Å². The number of aryl methyl sites for hydroxylation is 2. The van der Waals surface area contributed by atoms with Crippen LogP contribution in [0.3, 0.4) is 0 Å². The van der Waals surface area contributed by atoms with Crippen LogP contribution in [0, 0.1) is 13.8 Å². The number of H-pyrrole nitrogens is 1. The summed E-state index contributed by atoms with van der Waals surface area (Å²) < 4.78 is 2.08. The molecule has 0 aliphatic heterocycles. The Labute approximate surface area is 218 Å². The van der Waals surface area contributed by atoms with Crippen LogP contribution >= 0.6 is 0 Å². The number of rotatable bonds is 10. The number of fused-ring (bicyclic) bond motifs is 1. The van der Waals surface area contributed by atoms with Gasteiger partial charge in [0.05, 0.1) is 17.6 Å². The van der Waals surface area contributed by atoms with Crippen molar-refractivity contribution in [1.82, 2.24) is 30.1 Å². The summed E-state index contributed by atoms with van der Waals surface area (Å²) in [6, 6.07) is 17.3. The smallest absolute Gasteiger partial charge is 0.252 e. The average Bonchev–Trinajstić information content (AvgIpc) is 3.58. The van der Waals surface area contributed by atoms with Crippen molar-refractivity contribution in [3.05, 3.63) is 87.0 Å². The summed E-state index contributed by atoms with van der Waals surface area (Å²) >= 11 is 0. The first-order valence-electron chi connectivity index (χ1n) is 13.7. The van der Waals surface area contributed by atoms with E-state index in [-0.39, 0.29) is 11.6 Å². The summed E-state index contributed by atoms with van der Waals surface area (Å²) in [5.41, 5.74) is 5.32. The van der Waals surface area contributed by atoms with Crippen molar-refractivity contribution in [2.24, 2.45) is 0 Å². The zero-order valence-corrected chi connectivity index (χ0v) is 22.3. The zero-order valence-electron chi connectivity index (χ0n) is 22.3. The molecule has 37 heavy (non-hydrogen) atoms. The molecule has 1 atom stereocenters. The van der Waals surface area contributed by atoms with E-state index in [9.17, 15) is 4.79 Å². The van der Waals surface area contributed by atoms with Gasteiger partial charge in [-0.1, -0.05) is 74.2 Å². The number of para-hydroxylation sites is 1. The first-order valence-corrected chi connectivity index (χ1v) is 13.7. The molecule has 0 spiro atoms. The molecule has 0 radical (unpaired) electrons. The number of aromatic amines is 1. The van der Waals surface area contributed by atoms with Gasteiger partial charge in [0.25, 0.3) is 5.56 Å². The van der Waals surface area contributed by atoms with Crippen LogP contribution in [-0.2, 0) is 13.0 Å². The Kier molecular flexibility index (Phi) is 7.79. The van der Waals surface area contributed by atoms with Gasteiger partial charge in [-0.3, -0.25) is 9.69 Å². The van der Waals surface area contributed by atoms with Gasteiger partial charge in [0.15, 0.2) is 5.82 Å². The molecule has 2 aromatic carbocycles. The molecule has 4 aromatic rings. The molecule has 7 nitrogen and oxygen atoms in total. The Morgan fingerprint density at radius 2 is 1.92 bits per heavy atom. The highest BCUT2D eigenvalue weighted by Crippen LogP contribution is 2.33. The molecule has 7 heteroatoms. The molecule has 1 N–H and O–H groups in total. The van der Waals surface area contributed by atoms with Crippen molar-refractivity contribution < 1.29 is 0 Å². The second-order valence-corrected chi connectivity index (χ2v) is 10.6. The van der Waals surface area contributed by atoms with Crippen LogP contribution in [0.5, 0.6) is 0 Å².